The van der Waals surface area contributed by atoms with Crippen molar-refractivity contribution in [2.45, 2.75) is 71.8 Å². The SMILES string of the molecule is CCCNCC1(O)CCCC(C(C)(C)C)CC1. The van der Waals surface area contributed by atoms with Gasteiger partial charge in [0.05, 0.1) is 5.60 Å². The van der Waals surface area contributed by atoms with Crippen LogP contribution in [-0.4, -0.2) is 23.8 Å². The summed E-state index contributed by atoms with van der Waals surface area (Å²) in [5, 5.41) is 14.0. The van der Waals surface area contributed by atoms with E-state index >= 15 is 0 Å². The van der Waals surface area contributed by atoms with Crippen molar-refractivity contribution < 1.29 is 5.11 Å². The predicted molar refractivity (Wildman–Crippen MR) is 74.1 cm³/mol. The van der Waals surface area contributed by atoms with Crippen LogP contribution in [0.1, 0.15) is 66.2 Å². The minimum atomic E-state index is -0.449. The molecule has 2 unspecified atom stereocenters. The molecule has 1 rings (SSSR count). The fourth-order valence-corrected chi connectivity index (χ4v) is 2.93. The van der Waals surface area contributed by atoms with Gasteiger partial charge in [-0.25, -0.2) is 0 Å². The van der Waals surface area contributed by atoms with Crippen LogP contribution in [0.3, 0.4) is 0 Å². The van der Waals surface area contributed by atoms with E-state index in [0.717, 1.165) is 38.3 Å². The maximum atomic E-state index is 10.6. The molecule has 0 amide bonds. The van der Waals surface area contributed by atoms with Crippen molar-refractivity contribution in [1.29, 1.82) is 0 Å². The van der Waals surface area contributed by atoms with Crippen molar-refractivity contribution in [3.8, 4) is 0 Å². The van der Waals surface area contributed by atoms with Gasteiger partial charge in [0.2, 0.25) is 0 Å². The molecule has 102 valence electrons. The van der Waals surface area contributed by atoms with Crippen LogP contribution in [0.25, 0.3) is 0 Å². The Balaban J connectivity index is 2.45. The lowest BCUT2D eigenvalue weighted by molar-refractivity contribution is 0.0229. The first-order valence-corrected chi connectivity index (χ1v) is 7.30. The first-order chi connectivity index (χ1) is 7.87. The van der Waals surface area contributed by atoms with Gasteiger partial charge in [-0.05, 0) is 50.0 Å². The van der Waals surface area contributed by atoms with Crippen molar-refractivity contribution in [1.82, 2.24) is 5.32 Å². The Labute approximate surface area is 107 Å². The Morgan fingerprint density at radius 3 is 2.53 bits per heavy atom. The van der Waals surface area contributed by atoms with Gasteiger partial charge in [0.15, 0.2) is 0 Å². The topological polar surface area (TPSA) is 32.3 Å². The van der Waals surface area contributed by atoms with E-state index in [0.29, 0.717) is 5.41 Å². The van der Waals surface area contributed by atoms with Gasteiger partial charge in [-0.1, -0.05) is 34.1 Å². The summed E-state index contributed by atoms with van der Waals surface area (Å²) < 4.78 is 0. The van der Waals surface area contributed by atoms with Gasteiger partial charge in [-0.3, -0.25) is 0 Å². The smallest absolute Gasteiger partial charge is 0.0771 e. The Hall–Kier alpha value is -0.0800. The molecule has 0 spiro atoms. The molecule has 1 fully saturated rings. The van der Waals surface area contributed by atoms with Crippen LogP contribution in [0.4, 0.5) is 0 Å². The molecule has 2 heteroatoms. The van der Waals surface area contributed by atoms with Crippen LogP contribution < -0.4 is 5.32 Å². The highest BCUT2D eigenvalue weighted by molar-refractivity contribution is 4.88. The molecule has 2 nitrogen and oxygen atoms in total. The molecule has 2 N–H and O–H groups in total. The molecule has 17 heavy (non-hydrogen) atoms. The van der Waals surface area contributed by atoms with Crippen molar-refractivity contribution >= 4 is 0 Å². The second-order valence-electron chi connectivity index (χ2n) is 6.89. The molecule has 0 radical (unpaired) electrons. The molecular weight excluding hydrogens is 210 g/mol. The number of nitrogens with one attached hydrogen (secondary N) is 1. The standard InChI is InChI=1S/C15H31NO/c1-5-11-16-12-15(17)9-6-7-13(8-10-15)14(2,3)4/h13,16-17H,5-12H2,1-4H3. The first kappa shape index (κ1) is 15.0. The van der Waals surface area contributed by atoms with Crippen LogP contribution in [-0.2, 0) is 0 Å². The second-order valence-corrected chi connectivity index (χ2v) is 6.89. The predicted octanol–water partition coefficient (Wildman–Crippen LogP) is 3.34. The molecule has 0 heterocycles. The minimum Gasteiger partial charge on any atom is -0.389 e. The van der Waals surface area contributed by atoms with E-state index in [4.69, 9.17) is 0 Å². The molecule has 0 aliphatic heterocycles. The van der Waals surface area contributed by atoms with Crippen LogP contribution in [0.5, 0.6) is 0 Å². The number of rotatable bonds is 4. The van der Waals surface area contributed by atoms with Crippen molar-refractivity contribution in [2.75, 3.05) is 13.1 Å². The molecule has 1 aliphatic rings. The van der Waals surface area contributed by atoms with Crippen LogP contribution in [0, 0.1) is 11.3 Å². The highest BCUT2D eigenvalue weighted by Gasteiger charge is 2.34. The van der Waals surface area contributed by atoms with E-state index in [1.165, 1.54) is 19.3 Å². The lowest BCUT2D eigenvalue weighted by atomic mass is 9.76. The lowest BCUT2D eigenvalue weighted by Gasteiger charge is -2.31. The van der Waals surface area contributed by atoms with Gasteiger partial charge in [-0.2, -0.15) is 0 Å². The summed E-state index contributed by atoms with van der Waals surface area (Å²) in [4.78, 5) is 0. The normalized spacial score (nSPS) is 31.2. The maximum Gasteiger partial charge on any atom is 0.0771 e. The third kappa shape index (κ3) is 4.97. The summed E-state index contributed by atoms with van der Waals surface area (Å²) >= 11 is 0. The number of aliphatic hydroxyl groups is 1. The van der Waals surface area contributed by atoms with Gasteiger partial charge < -0.3 is 10.4 Å². The van der Waals surface area contributed by atoms with Gasteiger partial charge in [-0.15, -0.1) is 0 Å². The summed E-state index contributed by atoms with van der Waals surface area (Å²) in [5.41, 5.74) is -0.0583. The molecule has 0 aromatic carbocycles. The Morgan fingerprint density at radius 2 is 1.94 bits per heavy atom. The average molecular weight is 241 g/mol. The molecule has 2 atom stereocenters. The number of hydrogen-bond donors (Lipinski definition) is 2. The van der Waals surface area contributed by atoms with Crippen LogP contribution in [0.15, 0.2) is 0 Å². The largest absolute Gasteiger partial charge is 0.389 e. The summed E-state index contributed by atoms with van der Waals surface area (Å²) in [7, 11) is 0. The Morgan fingerprint density at radius 1 is 1.24 bits per heavy atom. The van der Waals surface area contributed by atoms with Crippen molar-refractivity contribution in [2.24, 2.45) is 11.3 Å². The molecule has 1 aliphatic carbocycles. The molecular formula is C15H31NO. The van der Waals surface area contributed by atoms with Crippen LogP contribution in [0.2, 0.25) is 0 Å². The summed E-state index contributed by atoms with van der Waals surface area (Å²) in [6.07, 6.45) is 6.70. The Kier molecular flexibility index (Phi) is 5.46. The fraction of sp³-hybridized carbons (Fsp3) is 1.00. The van der Waals surface area contributed by atoms with E-state index < -0.39 is 5.60 Å². The quantitative estimate of drug-likeness (QED) is 0.584. The van der Waals surface area contributed by atoms with E-state index in [9.17, 15) is 5.11 Å². The zero-order chi connectivity index (χ0) is 12.9. The number of hydrogen-bond acceptors (Lipinski definition) is 2. The molecule has 1 saturated carbocycles. The lowest BCUT2D eigenvalue weighted by Crippen LogP contribution is -2.40. The monoisotopic (exact) mass is 241 g/mol. The Bertz CT molecular complexity index is 221. The third-order valence-electron chi connectivity index (χ3n) is 4.26. The van der Waals surface area contributed by atoms with Crippen molar-refractivity contribution in [3.05, 3.63) is 0 Å². The van der Waals surface area contributed by atoms with E-state index in [-0.39, 0.29) is 0 Å². The minimum absolute atomic E-state index is 0.391. The van der Waals surface area contributed by atoms with Crippen LogP contribution >= 0.6 is 0 Å². The average Bonchev–Trinajstić information content (AvgIpc) is 2.40. The third-order valence-corrected chi connectivity index (χ3v) is 4.26. The first-order valence-electron chi connectivity index (χ1n) is 7.30. The van der Waals surface area contributed by atoms with E-state index in [2.05, 4.69) is 33.0 Å². The summed E-state index contributed by atoms with van der Waals surface area (Å²) in [6.45, 7) is 11.0. The van der Waals surface area contributed by atoms with E-state index in [1.54, 1.807) is 0 Å². The maximum absolute atomic E-state index is 10.6. The van der Waals surface area contributed by atoms with Crippen molar-refractivity contribution in [3.63, 3.8) is 0 Å². The zero-order valence-corrected chi connectivity index (χ0v) is 12.2. The molecule has 0 aromatic rings. The van der Waals surface area contributed by atoms with Gasteiger partial charge in [0.1, 0.15) is 0 Å². The second kappa shape index (κ2) is 6.19. The van der Waals surface area contributed by atoms with Gasteiger partial charge >= 0.3 is 0 Å². The highest BCUT2D eigenvalue weighted by atomic mass is 16.3. The van der Waals surface area contributed by atoms with Gasteiger partial charge in [0, 0.05) is 6.54 Å². The molecule has 0 saturated heterocycles. The molecule has 0 aromatic heterocycles. The van der Waals surface area contributed by atoms with E-state index in [1.807, 2.05) is 0 Å². The summed E-state index contributed by atoms with van der Waals surface area (Å²) in [6, 6.07) is 0. The summed E-state index contributed by atoms with van der Waals surface area (Å²) in [5.74, 6) is 0.766. The highest BCUT2D eigenvalue weighted by Crippen LogP contribution is 2.39. The fourth-order valence-electron chi connectivity index (χ4n) is 2.93. The zero-order valence-electron chi connectivity index (χ0n) is 12.2. The van der Waals surface area contributed by atoms with Gasteiger partial charge in [0.25, 0.3) is 0 Å². The molecule has 0 bridgehead atoms.